The van der Waals surface area contributed by atoms with Crippen LogP contribution in [-0.4, -0.2) is 55.0 Å². The summed E-state index contributed by atoms with van der Waals surface area (Å²) in [4.78, 5) is 3.12. The van der Waals surface area contributed by atoms with E-state index in [4.69, 9.17) is 0 Å². The predicted molar refractivity (Wildman–Crippen MR) is 80.4 cm³/mol. The molecule has 114 valence electrons. The molecule has 7 heteroatoms. The number of aryl methyl sites for hydroxylation is 1. The van der Waals surface area contributed by atoms with Gasteiger partial charge in [0.1, 0.15) is 4.90 Å². The summed E-state index contributed by atoms with van der Waals surface area (Å²) < 4.78 is 27.0. The molecule has 0 spiro atoms. The SMILES string of the molecule is Cc1csc(CO)c1S(=O)(=O)N1CCN(C(C)C)CC1. The molecule has 1 aliphatic rings. The normalized spacial score (nSPS) is 18.9. The van der Waals surface area contributed by atoms with Gasteiger partial charge in [0, 0.05) is 32.2 Å². The monoisotopic (exact) mass is 318 g/mol. The number of aliphatic hydroxyl groups is 1. The molecule has 0 aromatic carbocycles. The molecule has 1 aliphatic heterocycles. The summed E-state index contributed by atoms with van der Waals surface area (Å²) in [7, 11) is -3.48. The first-order chi connectivity index (χ1) is 9.37. The van der Waals surface area contributed by atoms with Crippen molar-refractivity contribution in [3.05, 3.63) is 15.8 Å². The maximum atomic E-state index is 12.7. The standard InChI is InChI=1S/C13H22N2O3S2/c1-10(2)14-4-6-15(7-5-14)20(17,18)13-11(3)9-19-12(13)8-16/h9-10,16H,4-8H2,1-3H3. The Kier molecular flexibility index (Phi) is 4.86. The fourth-order valence-corrected chi connectivity index (χ4v) is 5.57. The van der Waals surface area contributed by atoms with Crippen molar-refractivity contribution < 1.29 is 13.5 Å². The molecule has 1 aromatic heterocycles. The third-order valence-corrected chi connectivity index (χ3v) is 7.08. The number of hydrogen-bond acceptors (Lipinski definition) is 5. The molecule has 0 aliphatic carbocycles. The molecular formula is C13H22N2O3S2. The smallest absolute Gasteiger partial charge is 0.244 e. The zero-order valence-electron chi connectivity index (χ0n) is 12.2. The molecule has 0 radical (unpaired) electrons. The van der Waals surface area contributed by atoms with Crippen LogP contribution < -0.4 is 0 Å². The summed E-state index contributed by atoms with van der Waals surface area (Å²) in [6.45, 7) is 8.35. The first-order valence-corrected chi connectivity index (χ1v) is 9.12. The zero-order chi connectivity index (χ0) is 14.9. The largest absolute Gasteiger partial charge is 0.391 e. The molecule has 0 amide bonds. The van der Waals surface area contributed by atoms with Crippen molar-refractivity contribution in [1.82, 2.24) is 9.21 Å². The molecule has 2 rings (SSSR count). The summed E-state index contributed by atoms with van der Waals surface area (Å²) in [6, 6.07) is 0.441. The van der Waals surface area contributed by atoms with E-state index in [0.717, 1.165) is 18.7 Å². The fourth-order valence-electron chi connectivity index (χ4n) is 2.53. The van der Waals surface area contributed by atoms with E-state index in [0.29, 0.717) is 28.9 Å². The second kappa shape index (κ2) is 6.11. The van der Waals surface area contributed by atoms with E-state index in [1.165, 1.54) is 11.3 Å². The van der Waals surface area contributed by atoms with Gasteiger partial charge in [0.05, 0.1) is 11.5 Å². The van der Waals surface area contributed by atoms with Gasteiger partial charge in [-0.1, -0.05) is 0 Å². The third-order valence-electron chi connectivity index (χ3n) is 3.73. The van der Waals surface area contributed by atoms with E-state index in [1.807, 2.05) is 0 Å². The highest BCUT2D eigenvalue weighted by atomic mass is 32.2. The van der Waals surface area contributed by atoms with Gasteiger partial charge in [-0.25, -0.2) is 8.42 Å². The minimum absolute atomic E-state index is 0.223. The number of sulfonamides is 1. The second-order valence-electron chi connectivity index (χ2n) is 5.36. The van der Waals surface area contributed by atoms with E-state index in [2.05, 4.69) is 18.7 Å². The Morgan fingerprint density at radius 1 is 1.30 bits per heavy atom. The van der Waals surface area contributed by atoms with Gasteiger partial charge in [-0.3, -0.25) is 4.90 Å². The molecule has 1 aromatic rings. The van der Waals surface area contributed by atoms with E-state index < -0.39 is 10.0 Å². The Bertz CT molecular complexity index is 558. The Hall–Kier alpha value is -0.470. The number of aliphatic hydroxyl groups excluding tert-OH is 1. The quantitative estimate of drug-likeness (QED) is 0.908. The zero-order valence-corrected chi connectivity index (χ0v) is 13.8. The Labute approximate surface area is 124 Å². The van der Waals surface area contributed by atoms with Gasteiger partial charge in [0.15, 0.2) is 0 Å². The van der Waals surface area contributed by atoms with Gasteiger partial charge < -0.3 is 5.11 Å². The van der Waals surface area contributed by atoms with Gasteiger partial charge in [-0.15, -0.1) is 11.3 Å². The van der Waals surface area contributed by atoms with Crippen molar-refractivity contribution in [1.29, 1.82) is 0 Å². The number of nitrogens with zero attached hydrogens (tertiary/aromatic N) is 2. The second-order valence-corrected chi connectivity index (χ2v) is 8.20. The van der Waals surface area contributed by atoms with Crippen LogP contribution in [0, 0.1) is 6.92 Å². The van der Waals surface area contributed by atoms with Crippen LogP contribution in [-0.2, 0) is 16.6 Å². The van der Waals surface area contributed by atoms with Crippen LogP contribution in [0.25, 0.3) is 0 Å². The highest BCUT2D eigenvalue weighted by molar-refractivity contribution is 7.89. The van der Waals surface area contributed by atoms with Crippen molar-refractivity contribution in [2.45, 2.75) is 38.3 Å². The highest BCUT2D eigenvalue weighted by Gasteiger charge is 2.32. The molecule has 1 fully saturated rings. The average Bonchev–Trinajstić information content (AvgIpc) is 2.80. The maximum absolute atomic E-state index is 12.7. The van der Waals surface area contributed by atoms with E-state index in [9.17, 15) is 13.5 Å². The molecular weight excluding hydrogens is 296 g/mol. The minimum Gasteiger partial charge on any atom is -0.391 e. The van der Waals surface area contributed by atoms with Crippen LogP contribution in [0.3, 0.4) is 0 Å². The summed E-state index contributed by atoms with van der Waals surface area (Å²) in [5, 5.41) is 11.1. The fraction of sp³-hybridized carbons (Fsp3) is 0.692. The first-order valence-electron chi connectivity index (χ1n) is 6.80. The number of thiophene rings is 1. The van der Waals surface area contributed by atoms with Crippen LogP contribution in [0.1, 0.15) is 24.3 Å². The maximum Gasteiger partial charge on any atom is 0.244 e. The molecule has 0 saturated carbocycles. The average molecular weight is 318 g/mol. The lowest BCUT2D eigenvalue weighted by Gasteiger charge is -2.36. The van der Waals surface area contributed by atoms with Gasteiger partial charge in [0.25, 0.3) is 0 Å². The van der Waals surface area contributed by atoms with Crippen molar-refractivity contribution in [2.75, 3.05) is 26.2 Å². The lowest BCUT2D eigenvalue weighted by molar-refractivity contribution is 0.154. The topological polar surface area (TPSA) is 60.9 Å². The molecule has 5 nitrogen and oxygen atoms in total. The van der Waals surface area contributed by atoms with Crippen molar-refractivity contribution >= 4 is 21.4 Å². The number of piperazine rings is 1. The number of rotatable bonds is 4. The summed E-state index contributed by atoms with van der Waals surface area (Å²) in [6.07, 6.45) is 0. The van der Waals surface area contributed by atoms with Crippen LogP contribution in [0.4, 0.5) is 0 Å². The van der Waals surface area contributed by atoms with Gasteiger partial charge in [0.2, 0.25) is 10.0 Å². The van der Waals surface area contributed by atoms with E-state index >= 15 is 0 Å². The van der Waals surface area contributed by atoms with Gasteiger partial charge in [-0.2, -0.15) is 4.31 Å². The number of hydrogen-bond donors (Lipinski definition) is 1. The van der Waals surface area contributed by atoms with Crippen molar-refractivity contribution in [3.8, 4) is 0 Å². The predicted octanol–water partition coefficient (Wildman–Crippen LogP) is 1.26. The lowest BCUT2D eigenvalue weighted by Crippen LogP contribution is -2.50. The summed E-state index contributed by atoms with van der Waals surface area (Å²) in [5.74, 6) is 0. The Balaban J connectivity index is 2.22. The molecule has 1 saturated heterocycles. The highest BCUT2D eigenvalue weighted by Crippen LogP contribution is 2.30. The van der Waals surface area contributed by atoms with Crippen molar-refractivity contribution in [2.24, 2.45) is 0 Å². The summed E-state index contributed by atoms with van der Waals surface area (Å²) >= 11 is 1.31. The van der Waals surface area contributed by atoms with E-state index in [-0.39, 0.29) is 6.61 Å². The lowest BCUT2D eigenvalue weighted by atomic mass is 10.3. The Morgan fingerprint density at radius 3 is 2.40 bits per heavy atom. The van der Waals surface area contributed by atoms with E-state index in [1.54, 1.807) is 16.6 Å². The molecule has 0 bridgehead atoms. The summed E-state index contributed by atoms with van der Waals surface area (Å²) in [5.41, 5.74) is 0.727. The third kappa shape index (κ3) is 2.92. The Morgan fingerprint density at radius 2 is 1.90 bits per heavy atom. The van der Waals surface area contributed by atoms with Crippen LogP contribution >= 0.6 is 11.3 Å². The molecule has 2 heterocycles. The van der Waals surface area contributed by atoms with Crippen LogP contribution in [0.5, 0.6) is 0 Å². The minimum atomic E-state index is -3.48. The van der Waals surface area contributed by atoms with Crippen LogP contribution in [0.15, 0.2) is 10.3 Å². The molecule has 1 N–H and O–H groups in total. The van der Waals surface area contributed by atoms with Crippen molar-refractivity contribution in [3.63, 3.8) is 0 Å². The molecule has 20 heavy (non-hydrogen) atoms. The molecule has 0 unspecified atom stereocenters. The van der Waals surface area contributed by atoms with Gasteiger partial charge >= 0.3 is 0 Å². The van der Waals surface area contributed by atoms with Gasteiger partial charge in [-0.05, 0) is 31.7 Å². The van der Waals surface area contributed by atoms with Crippen LogP contribution in [0.2, 0.25) is 0 Å². The first kappa shape index (κ1) is 15.9. The molecule has 0 atom stereocenters.